The van der Waals surface area contributed by atoms with E-state index in [-0.39, 0.29) is 19.1 Å². The zero-order valence-corrected chi connectivity index (χ0v) is 12.2. The highest BCUT2D eigenvalue weighted by molar-refractivity contribution is 5.99. The van der Waals surface area contributed by atoms with Crippen molar-refractivity contribution in [1.29, 1.82) is 0 Å². The van der Waals surface area contributed by atoms with Gasteiger partial charge in [-0.15, -0.1) is 0 Å². The minimum atomic E-state index is -1.05. The lowest BCUT2D eigenvalue weighted by Gasteiger charge is -2.31. The molecule has 1 saturated heterocycles. The molecule has 1 N–H and O–H groups in total. The van der Waals surface area contributed by atoms with Crippen molar-refractivity contribution in [3.8, 4) is 0 Å². The van der Waals surface area contributed by atoms with Gasteiger partial charge in [-0.2, -0.15) is 0 Å². The molecule has 3 rings (SSSR count). The largest absolute Gasteiger partial charge is 0.479 e. The lowest BCUT2D eigenvalue weighted by Crippen LogP contribution is -2.48. The van der Waals surface area contributed by atoms with Crippen LogP contribution in [0.15, 0.2) is 30.3 Å². The number of fused-ring (bicyclic) bond motifs is 1. The van der Waals surface area contributed by atoms with Crippen LogP contribution >= 0.6 is 0 Å². The number of ether oxygens (including phenoxy) is 1. The third-order valence-electron chi connectivity index (χ3n) is 3.77. The number of carbonyl (C=O) groups is 2. The SMILES string of the molecule is Cc1nc2ccccc2cc1C(=O)N1CCO[C@@H](C(=O)O)C1. The van der Waals surface area contributed by atoms with Crippen LogP contribution in [0.4, 0.5) is 0 Å². The first-order valence-corrected chi connectivity index (χ1v) is 7.06. The average molecular weight is 300 g/mol. The highest BCUT2D eigenvalue weighted by Crippen LogP contribution is 2.19. The first-order valence-electron chi connectivity index (χ1n) is 7.06. The van der Waals surface area contributed by atoms with Gasteiger partial charge in [0.05, 0.1) is 29.9 Å². The van der Waals surface area contributed by atoms with Gasteiger partial charge >= 0.3 is 5.97 Å². The van der Waals surface area contributed by atoms with Crippen LogP contribution in [0.5, 0.6) is 0 Å². The van der Waals surface area contributed by atoms with Crippen LogP contribution in [0.1, 0.15) is 16.1 Å². The number of hydrogen-bond acceptors (Lipinski definition) is 4. The van der Waals surface area contributed by atoms with Gasteiger partial charge in [-0.05, 0) is 19.1 Å². The normalized spacial score (nSPS) is 18.4. The monoisotopic (exact) mass is 300 g/mol. The van der Waals surface area contributed by atoms with E-state index < -0.39 is 12.1 Å². The molecule has 22 heavy (non-hydrogen) atoms. The van der Waals surface area contributed by atoms with Crippen molar-refractivity contribution in [2.45, 2.75) is 13.0 Å². The van der Waals surface area contributed by atoms with Crippen LogP contribution < -0.4 is 0 Å². The third kappa shape index (κ3) is 2.65. The molecule has 1 aromatic carbocycles. The van der Waals surface area contributed by atoms with Gasteiger partial charge in [0, 0.05) is 11.9 Å². The summed E-state index contributed by atoms with van der Waals surface area (Å²) in [7, 11) is 0. The molecule has 1 fully saturated rings. The second-order valence-electron chi connectivity index (χ2n) is 5.26. The van der Waals surface area contributed by atoms with Crippen molar-refractivity contribution < 1.29 is 19.4 Å². The Labute approximate surface area is 127 Å². The van der Waals surface area contributed by atoms with Gasteiger partial charge in [-0.1, -0.05) is 18.2 Å². The van der Waals surface area contributed by atoms with Crippen molar-refractivity contribution in [3.63, 3.8) is 0 Å². The Morgan fingerprint density at radius 1 is 1.36 bits per heavy atom. The molecule has 0 aliphatic carbocycles. The number of hydrogen-bond donors (Lipinski definition) is 1. The number of carbonyl (C=O) groups excluding carboxylic acids is 1. The first kappa shape index (κ1) is 14.5. The summed E-state index contributed by atoms with van der Waals surface area (Å²) in [6, 6.07) is 9.40. The Balaban J connectivity index is 1.91. The molecular formula is C16H16N2O4. The number of morpholine rings is 1. The Bertz CT molecular complexity index is 744. The second-order valence-corrected chi connectivity index (χ2v) is 5.26. The van der Waals surface area contributed by atoms with E-state index in [1.807, 2.05) is 30.3 Å². The number of carboxylic acids is 1. The number of nitrogens with zero attached hydrogens (tertiary/aromatic N) is 2. The van der Waals surface area contributed by atoms with Crippen LogP contribution in [-0.4, -0.2) is 52.7 Å². The smallest absolute Gasteiger partial charge is 0.334 e. The number of aliphatic carboxylic acids is 1. The fourth-order valence-electron chi connectivity index (χ4n) is 2.58. The van der Waals surface area contributed by atoms with Crippen LogP contribution in [0.2, 0.25) is 0 Å². The number of rotatable bonds is 2. The van der Waals surface area contributed by atoms with Gasteiger partial charge < -0.3 is 14.7 Å². The molecule has 114 valence electrons. The van der Waals surface area contributed by atoms with E-state index in [2.05, 4.69) is 4.98 Å². The summed E-state index contributed by atoms with van der Waals surface area (Å²) < 4.78 is 5.15. The first-order chi connectivity index (χ1) is 10.6. The second kappa shape index (κ2) is 5.73. The summed E-state index contributed by atoms with van der Waals surface area (Å²) in [6.07, 6.45) is -0.966. The van der Waals surface area contributed by atoms with Crippen molar-refractivity contribution in [2.24, 2.45) is 0 Å². The molecule has 0 saturated carbocycles. The van der Waals surface area contributed by atoms with Crippen LogP contribution in [0, 0.1) is 6.92 Å². The highest BCUT2D eigenvalue weighted by atomic mass is 16.5. The summed E-state index contributed by atoms with van der Waals surface area (Å²) in [5.41, 5.74) is 1.98. The molecule has 6 heteroatoms. The predicted octanol–water partition coefficient (Wildman–Crippen LogP) is 1.47. The van der Waals surface area contributed by atoms with Gasteiger partial charge in [0.1, 0.15) is 0 Å². The molecule has 2 heterocycles. The quantitative estimate of drug-likeness (QED) is 0.908. The molecule has 1 aromatic heterocycles. The number of amides is 1. The standard InChI is InChI=1S/C16H16N2O4/c1-10-12(8-11-4-2-3-5-13(11)17-10)15(19)18-6-7-22-14(9-18)16(20)21/h2-5,8,14H,6-7,9H2,1H3,(H,20,21)/t14-/m1/s1. The average Bonchev–Trinajstić information content (AvgIpc) is 2.53. The summed E-state index contributed by atoms with van der Waals surface area (Å²) in [5.74, 6) is -1.25. The van der Waals surface area contributed by atoms with E-state index in [0.29, 0.717) is 17.8 Å². The van der Waals surface area contributed by atoms with Crippen LogP contribution in [0.3, 0.4) is 0 Å². The minimum Gasteiger partial charge on any atom is -0.479 e. The minimum absolute atomic E-state index is 0.0560. The van der Waals surface area contributed by atoms with E-state index in [9.17, 15) is 9.59 Å². The van der Waals surface area contributed by atoms with Gasteiger partial charge in [0.2, 0.25) is 0 Å². The Hall–Kier alpha value is -2.47. The molecular weight excluding hydrogens is 284 g/mol. The van der Waals surface area contributed by atoms with E-state index in [1.165, 1.54) is 4.90 Å². The summed E-state index contributed by atoms with van der Waals surface area (Å²) in [6.45, 7) is 2.45. The maximum absolute atomic E-state index is 12.7. The van der Waals surface area contributed by atoms with E-state index >= 15 is 0 Å². The lowest BCUT2D eigenvalue weighted by atomic mass is 10.1. The molecule has 1 amide bonds. The molecule has 2 aromatic rings. The Morgan fingerprint density at radius 2 is 2.14 bits per heavy atom. The van der Waals surface area contributed by atoms with Gasteiger partial charge in [-0.25, -0.2) is 4.79 Å². The molecule has 1 aliphatic rings. The number of benzene rings is 1. The van der Waals surface area contributed by atoms with Crippen LogP contribution in [0.25, 0.3) is 10.9 Å². The van der Waals surface area contributed by atoms with Crippen molar-refractivity contribution in [2.75, 3.05) is 19.7 Å². The van der Waals surface area contributed by atoms with Crippen molar-refractivity contribution in [1.82, 2.24) is 9.88 Å². The van der Waals surface area contributed by atoms with E-state index in [1.54, 1.807) is 6.92 Å². The zero-order chi connectivity index (χ0) is 15.7. The number of para-hydroxylation sites is 1. The molecule has 0 radical (unpaired) electrons. The maximum Gasteiger partial charge on any atom is 0.334 e. The number of carboxylic acid groups (broad SMARTS) is 1. The predicted molar refractivity (Wildman–Crippen MR) is 79.8 cm³/mol. The van der Waals surface area contributed by atoms with Crippen molar-refractivity contribution in [3.05, 3.63) is 41.6 Å². The summed E-state index contributed by atoms with van der Waals surface area (Å²) >= 11 is 0. The molecule has 1 aliphatic heterocycles. The lowest BCUT2D eigenvalue weighted by molar-refractivity contribution is -0.154. The number of aryl methyl sites for hydroxylation is 1. The molecule has 1 atom stereocenters. The Morgan fingerprint density at radius 3 is 2.91 bits per heavy atom. The number of pyridine rings is 1. The number of aromatic nitrogens is 1. The van der Waals surface area contributed by atoms with Crippen molar-refractivity contribution >= 4 is 22.8 Å². The molecule has 0 unspecified atom stereocenters. The fourth-order valence-corrected chi connectivity index (χ4v) is 2.58. The van der Waals surface area contributed by atoms with Gasteiger partial charge in [0.25, 0.3) is 5.91 Å². The molecule has 0 spiro atoms. The fraction of sp³-hybridized carbons (Fsp3) is 0.312. The molecule has 0 bridgehead atoms. The Kier molecular flexibility index (Phi) is 3.77. The molecule has 6 nitrogen and oxygen atoms in total. The zero-order valence-electron chi connectivity index (χ0n) is 12.2. The highest BCUT2D eigenvalue weighted by Gasteiger charge is 2.30. The van der Waals surface area contributed by atoms with Crippen LogP contribution in [-0.2, 0) is 9.53 Å². The van der Waals surface area contributed by atoms with E-state index in [4.69, 9.17) is 9.84 Å². The topological polar surface area (TPSA) is 79.7 Å². The van der Waals surface area contributed by atoms with E-state index in [0.717, 1.165) is 10.9 Å². The third-order valence-corrected chi connectivity index (χ3v) is 3.77. The van der Waals surface area contributed by atoms with Gasteiger partial charge in [0.15, 0.2) is 6.10 Å². The maximum atomic E-state index is 12.7. The summed E-state index contributed by atoms with van der Waals surface area (Å²) in [5, 5.41) is 9.92. The summed E-state index contributed by atoms with van der Waals surface area (Å²) in [4.78, 5) is 29.7. The van der Waals surface area contributed by atoms with Gasteiger partial charge in [-0.3, -0.25) is 9.78 Å².